The molecular formula is C13H12Na2O6S. The van der Waals surface area contributed by atoms with Crippen LogP contribution in [-0.4, -0.2) is 27.7 Å². The fourth-order valence-electron chi connectivity index (χ4n) is 1.46. The van der Waals surface area contributed by atoms with Crippen LogP contribution in [0.15, 0.2) is 48.5 Å². The summed E-state index contributed by atoms with van der Waals surface area (Å²) in [5.41, 5.74) is 2.27. The number of aromatic hydroxyl groups is 2. The van der Waals surface area contributed by atoms with Crippen molar-refractivity contribution in [2.75, 3.05) is 0 Å². The van der Waals surface area contributed by atoms with Gasteiger partial charge in [0.1, 0.15) is 11.5 Å². The molecule has 0 fully saturated rings. The molecule has 2 aromatic rings. The number of phenolic OH excluding ortho intramolecular Hbond substituents is 2. The van der Waals surface area contributed by atoms with Gasteiger partial charge in [-0.25, -0.2) is 0 Å². The maximum Gasteiger partial charge on any atom is 1.00 e. The van der Waals surface area contributed by atoms with Gasteiger partial charge in [0.05, 0.1) is 0 Å². The zero-order chi connectivity index (χ0) is 15.2. The Morgan fingerprint density at radius 3 is 1.18 bits per heavy atom. The van der Waals surface area contributed by atoms with E-state index in [2.05, 4.69) is 0 Å². The summed E-state index contributed by atoms with van der Waals surface area (Å²) in [6.07, 6.45) is 0.806. The molecule has 9 heteroatoms. The fourth-order valence-corrected chi connectivity index (χ4v) is 1.46. The topological polar surface area (TPSA) is 121 Å². The molecule has 0 aliphatic rings. The van der Waals surface area contributed by atoms with Crippen molar-refractivity contribution in [1.82, 2.24) is 0 Å². The first-order chi connectivity index (χ1) is 9.24. The molecule has 0 saturated heterocycles. The molecule has 2 aromatic carbocycles. The van der Waals surface area contributed by atoms with Crippen LogP contribution in [0, 0.1) is 0 Å². The van der Waals surface area contributed by atoms with E-state index in [4.69, 9.17) is 27.7 Å². The van der Waals surface area contributed by atoms with Crippen LogP contribution in [0.2, 0.25) is 0 Å². The summed E-state index contributed by atoms with van der Waals surface area (Å²) in [6, 6.07) is 14.3. The van der Waals surface area contributed by atoms with E-state index in [0.717, 1.165) is 17.5 Å². The van der Waals surface area contributed by atoms with Crippen molar-refractivity contribution in [2.24, 2.45) is 0 Å². The Kier molecular flexibility index (Phi) is 12.6. The molecule has 6 nitrogen and oxygen atoms in total. The molecule has 0 radical (unpaired) electrons. The van der Waals surface area contributed by atoms with Gasteiger partial charge >= 0.3 is 59.1 Å². The molecular weight excluding hydrogens is 330 g/mol. The molecule has 108 valence electrons. The van der Waals surface area contributed by atoms with Crippen molar-refractivity contribution in [3.8, 4) is 11.5 Å². The Morgan fingerprint density at radius 1 is 0.727 bits per heavy atom. The zero-order valence-electron chi connectivity index (χ0n) is 12.3. The van der Waals surface area contributed by atoms with Gasteiger partial charge in [0.2, 0.25) is 0 Å². The molecule has 0 aliphatic carbocycles. The van der Waals surface area contributed by atoms with Gasteiger partial charge in [0, 0.05) is 10.4 Å². The van der Waals surface area contributed by atoms with Crippen molar-refractivity contribution in [3.05, 3.63) is 59.7 Å². The van der Waals surface area contributed by atoms with Crippen LogP contribution in [0.4, 0.5) is 0 Å². The molecule has 0 atom stereocenters. The third-order valence-electron chi connectivity index (χ3n) is 2.28. The number of hydrogen-bond donors (Lipinski definition) is 2. The molecule has 0 bridgehead atoms. The number of benzene rings is 2. The number of phenols is 2. The fraction of sp³-hybridized carbons (Fsp3) is 0.0769. The van der Waals surface area contributed by atoms with Gasteiger partial charge in [-0.1, -0.05) is 24.3 Å². The molecule has 0 heterocycles. The maximum absolute atomic E-state index is 9.13. The van der Waals surface area contributed by atoms with E-state index >= 15 is 0 Å². The Bertz CT molecular complexity index is 590. The predicted octanol–water partition coefficient (Wildman–Crippen LogP) is -4.64. The van der Waals surface area contributed by atoms with E-state index in [1.54, 1.807) is 24.3 Å². The molecule has 2 N–H and O–H groups in total. The number of rotatable bonds is 2. The van der Waals surface area contributed by atoms with Gasteiger partial charge in [-0.15, -0.1) is 0 Å². The molecule has 0 aliphatic heterocycles. The Hall–Kier alpha value is -0.0900. The van der Waals surface area contributed by atoms with Gasteiger partial charge in [0.25, 0.3) is 0 Å². The molecule has 0 unspecified atom stereocenters. The first kappa shape index (κ1) is 24.2. The van der Waals surface area contributed by atoms with Gasteiger partial charge in [-0.2, -0.15) is 0 Å². The molecule has 0 spiro atoms. The van der Waals surface area contributed by atoms with Crippen molar-refractivity contribution in [1.29, 1.82) is 0 Å². The van der Waals surface area contributed by atoms with Crippen molar-refractivity contribution in [2.45, 2.75) is 6.42 Å². The zero-order valence-corrected chi connectivity index (χ0v) is 17.1. The normalized spacial score (nSPS) is 9.55. The monoisotopic (exact) mass is 342 g/mol. The van der Waals surface area contributed by atoms with Crippen LogP contribution < -0.4 is 59.1 Å². The number of hydrogen-bond acceptors (Lipinski definition) is 6. The summed E-state index contributed by atoms with van der Waals surface area (Å²) in [7, 11) is -5.17. The van der Waals surface area contributed by atoms with Crippen LogP contribution in [0.3, 0.4) is 0 Å². The van der Waals surface area contributed by atoms with Gasteiger partial charge in [-0.05, 0) is 41.8 Å². The van der Waals surface area contributed by atoms with Crippen LogP contribution >= 0.6 is 0 Å². The SMILES string of the molecule is O=S(=O)([O-])[O-].Oc1ccc(Cc2ccc(O)cc2)cc1.[Na+].[Na+]. The second-order valence-corrected chi connectivity index (χ2v) is 4.73. The average molecular weight is 342 g/mol. The second-order valence-electron chi connectivity index (χ2n) is 3.92. The molecule has 2 rings (SSSR count). The van der Waals surface area contributed by atoms with E-state index in [-0.39, 0.29) is 70.6 Å². The molecule has 0 amide bonds. The third kappa shape index (κ3) is 12.5. The van der Waals surface area contributed by atoms with Gasteiger partial charge in [0.15, 0.2) is 0 Å². The largest absolute Gasteiger partial charge is 1.00 e. The van der Waals surface area contributed by atoms with E-state index in [9.17, 15) is 0 Å². The van der Waals surface area contributed by atoms with Crippen LogP contribution in [0.25, 0.3) is 0 Å². The maximum atomic E-state index is 9.13. The predicted molar refractivity (Wildman–Crippen MR) is 69.5 cm³/mol. The van der Waals surface area contributed by atoms with E-state index in [1.807, 2.05) is 24.3 Å². The molecule has 0 saturated carbocycles. The minimum absolute atomic E-state index is 0. The van der Waals surface area contributed by atoms with Crippen LogP contribution in [0.5, 0.6) is 11.5 Å². The van der Waals surface area contributed by atoms with Crippen LogP contribution in [0.1, 0.15) is 11.1 Å². The summed E-state index contributed by atoms with van der Waals surface area (Å²) < 4.78 is 34.1. The average Bonchev–Trinajstić information content (AvgIpc) is 2.33. The minimum Gasteiger partial charge on any atom is -0.759 e. The summed E-state index contributed by atoms with van der Waals surface area (Å²) in [4.78, 5) is 0. The first-order valence-electron chi connectivity index (χ1n) is 5.46. The van der Waals surface area contributed by atoms with E-state index in [1.165, 1.54) is 0 Å². The molecule has 22 heavy (non-hydrogen) atoms. The van der Waals surface area contributed by atoms with Gasteiger partial charge < -0.3 is 19.3 Å². The van der Waals surface area contributed by atoms with Gasteiger partial charge in [-0.3, -0.25) is 8.42 Å². The van der Waals surface area contributed by atoms with Crippen molar-refractivity contribution < 1.29 is 86.9 Å². The van der Waals surface area contributed by atoms with Crippen LogP contribution in [-0.2, 0) is 16.8 Å². The van der Waals surface area contributed by atoms with Crippen molar-refractivity contribution >= 4 is 10.4 Å². The Morgan fingerprint density at radius 2 is 0.955 bits per heavy atom. The minimum atomic E-state index is -5.17. The third-order valence-corrected chi connectivity index (χ3v) is 2.28. The summed E-state index contributed by atoms with van der Waals surface area (Å²) in [5, 5.41) is 18.3. The van der Waals surface area contributed by atoms with E-state index < -0.39 is 10.4 Å². The summed E-state index contributed by atoms with van der Waals surface area (Å²) in [5.74, 6) is 0.564. The van der Waals surface area contributed by atoms with E-state index in [0.29, 0.717) is 0 Å². The Balaban J connectivity index is 0. The quantitative estimate of drug-likeness (QED) is 0.322. The standard InChI is InChI=1S/C13H12O2.2Na.H2O4S/c14-12-5-1-10(2-6-12)9-11-3-7-13(15)8-4-11;;;1-5(2,3)4/h1-8,14-15H,9H2;;;(H2,1,2,3,4)/q;2*+1;/p-2. The second kappa shape index (κ2) is 11.4. The summed E-state index contributed by atoms with van der Waals surface area (Å²) >= 11 is 0. The molecule has 0 aromatic heterocycles. The van der Waals surface area contributed by atoms with Crippen molar-refractivity contribution in [3.63, 3.8) is 0 Å². The smallest absolute Gasteiger partial charge is 0.759 e. The summed E-state index contributed by atoms with van der Waals surface area (Å²) in [6.45, 7) is 0. The first-order valence-corrected chi connectivity index (χ1v) is 6.80. The Labute approximate surface area is 173 Å².